The SMILES string of the molecule is CN=C(NCCCOCCOC)N(C)CCOCC1CC1.I. The highest BCUT2D eigenvalue weighted by Gasteiger charge is 2.21. The molecule has 1 rings (SSSR count). The molecule has 0 saturated heterocycles. The van der Waals surface area contributed by atoms with Gasteiger partial charge in [-0.1, -0.05) is 0 Å². The Morgan fingerprint density at radius 3 is 2.59 bits per heavy atom. The van der Waals surface area contributed by atoms with E-state index in [2.05, 4.69) is 15.2 Å². The summed E-state index contributed by atoms with van der Waals surface area (Å²) >= 11 is 0. The summed E-state index contributed by atoms with van der Waals surface area (Å²) in [6, 6.07) is 0. The number of methoxy groups -OCH3 is 1. The van der Waals surface area contributed by atoms with Gasteiger partial charge in [-0.2, -0.15) is 0 Å². The first-order chi connectivity index (χ1) is 10.3. The molecule has 22 heavy (non-hydrogen) atoms. The summed E-state index contributed by atoms with van der Waals surface area (Å²) in [5.74, 6) is 1.73. The summed E-state index contributed by atoms with van der Waals surface area (Å²) < 4.78 is 16.0. The van der Waals surface area contributed by atoms with Crippen LogP contribution in [0.5, 0.6) is 0 Å². The normalized spacial score (nSPS) is 14.6. The quantitative estimate of drug-likeness (QED) is 0.221. The number of nitrogens with zero attached hydrogens (tertiary/aromatic N) is 2. The number of halogens is 1. The lowest BCUT2D eigenvalue weighted by Gasteiger charge is -2.22. The van der Waals surface area contributed by atoms with E-state index in [-0.39, 0.29) is 24.0 Å². The Morgan fingerprint density at radius 1 is 1.18 bits per heavy atom. The molecular weight excluding hydrogens is 397 g/mol. The maximum Gasteiger partial charge on any atom is 0.193 e. The first-order valence-electron chi connectivity index (χ1n) is 7.84. The summed E-state index contributed by atoms with van der Waals surface area (Å²) in [7, 11) is 5.52. The van der Waals surface area contributed by atoms with Crippen LogP contribution in [-0.2, 0) is 14.2 Å². The van der Waals surface area contributed by atoms with Crippen LogP contribution in [0.1, 0.15) is 19.3 Å². The molecule has 0 aliphatic heterocycles. The molecule has 0 unspecified atom stereocenters. The number of aliphatic imine (C=N–C) groups is 1. The van der Waals surface area contributed by atoms with Crippen LogP contribution < -0.4 is 5.32 Å². The van der Waals surface area contributed by atoms with E-state index in [0.29, 0.717) is 13.2 Å². The van der Waals surface area contributed by atoms with Gasteiger partial charge < -0.3 is 24.4 Å². The van der Waals surface area contributed by atoms with E-state index in [1.54, 1.807) is 14.2 Å². The molecule has 7 heteroatoms. The highest BCUT2D eigenvalue weighted by molar-refractivity contribution is 14.0. The second-order valence-corrected chi connectivity index (χ2v) is 5.37. The summed E-state index contributed by atoms with van der Waals surface area (Å²) in [6.07, 6.45) is 3.63. The van der Waals surface area contributed by atoms with Crippen molar-refractivity contribution in [2.24, 2.45) is 10.9 Å². The molecule has 0 aromatic rings. The van der Waals surface area contributed by atoms with Gasteiger partial charge >= 0.3 is 0 Å². The maximum atomic E-state index is 5.65. The molecule has 0 amide bonds. The maximum absolute atomic E-state index is 5.65. The zero-order chi connectivity index (χ0) is 15.3. The van der Waals surface area contributed by atoms with Crippen LogP contribution in [0.3, 0.4) is 0 Å². The van der Waals surface area contributed by atoms with Crippen molar-refractivity contribution < 1.29 is 14.2 Å². The molecule has 0 heterocycles. The van der Waals surface area contributed by atoms with Crippen molar-refractivity contribution in [3.8, 4) is 0 Å². The van der Waals surface area contributed by atoms with E-state index < -0.39 is 0 Å². The summed E-state index contributed by atoms with van der Waals surface area (Å²) in [5, 5.41) is 3.33. The first kappa shape index (κ1) is 21.9. The summed E-state index contributed by atoms with van der Waals surface area (Å²) in [4.78, 5) is 6.37. The molecule has 0 atom stereocenters. The second-order valence-electron chi connectivity index (χ2n) is 5.37. The minimum atomic E-state index is 0. The number of likely N-dealkylation sites (N-methyl/N-ethyl adjacent to an activating group) is 1. The number of hydrogen-bond acceptors (Lipinski definition) is 4. The van der Waals surface area contributed by atoms with Gasteiger partial charge in [-0.05, 0) is 25.2 Å². The lowest BCUT2D eigenvalue weighted by molar-refractivity contribution is 0.0698. The van der Waals surface area contributed by atoms with Crippen LogP contribution >= 0.6 is 24.0 Å². The Labute approximate surface area is 152 Å². The Kier molecular flexibility index (Phi) is 14.4. The van der Waals surface area contributed by atoms with Crippen LogP contribution in [0.15, 0.2) is 4.99 Å². The van der Waals surface area contributed by atoms with Crippen molar-refractivity contribution >= 4 is 29.9 Å². The van der Waals surface area contributed by atoms with Crippen LogP contribution in [0.25, 0.3) is 0 Å². The predicted octanol–water partition coefficient (Wildman–Crippen LogP) is 1.59. The van der Waals surface area contributed by atoms with Gasteiger partial charge in [-0.3, -0.25) is 4.99 Å². The smallest absolute Gasteiger partial charge is 0.193 e. The van der Waals surface area contributed by atoms with Crippen molar-refractivity contribution in [1.29, 1.82) is 0 Å². The average molecular weight is 429 g/mol. The van der Waals surface area contributed by atoms with Crippen molar-refractivity contribution in [3.63, 3.8) is 0 Å². The standard InChI is InChI=1S/C15H31N3O3.HI/c1-16-15(17-7-4-9-20-12-11-19-3)18(2)8-10-21-13-14-5-6-14;/h14H,4-13H2,1-3H3,(H,16,17);1H. The molecule has 1 aliphatic rings. The fraction of sp³-hybridized carbons (Fsp3) is 0.933. The van der Waals surface area contributed by atoms with Gasteiger partial charge in [0.05, 0.1) is 19.8 Å². The van der Waals surface area contributed by atoms with Gasteiger partial charge in [0.25, 0.3) is 0 Å². The summed E-state index contributed by atoms with van der Waals surface area (Å²) in [6.45, 7) is 5.43. The first-order valence-corrected chi connectivity index (χ1v) is 7.84. The van der Waals surface area contributed by atoms with E-state index in [1.807, 2.05) is 7.05 Å². The zero-order valence-corrected chi connectivity index (χ0v) is 16.5. The van der Waals surface area contributed by atoms with E-state index in [1.165, 1.54) is 12.8 Å². The molecule has 6 nitrogen and oxygen atoms in total. The number of guanidine groups is 1. The third-order valence-corrected chi connectivity index (χ3v) is 3.38. The van der Waals surface area contributed by atoms with E-state index in [9.17, 15) is 0 Å². The van der Waals surface area contributed by atoms with Gasteiger partial charge in [0.2, 0.25) is 0 Å². The fourth-order valence-electron chi connectivity index (χ4n) is 1.85. The van der Waals surface area contributed by atoms with Crippen LogP contribution in [0, 0.1) is 5.92 Å². The monoisotopic (exact) mass is 429 g/mol. The van der Waals surface area contributed by atoms with Crippen LogP contribution in [0.4, 0.5) is 0 Å². The van der Waals surface area contributed by atoms with E-state index >= 15 is 0 Å². The number of rotatable bonds is 12. The molecule has 0 aromatic heterocycles. The molecule has 0 radical (unpaired) electrons. The lowest BCUT2D eigenvalue weighted by Crippen LogP contribution is -2.41. The number of nitrogens with one attached hydrogen (secondary N) is 1. The van der Waals surface area contributed by atoms with Crippen LogP contribution in [0.2, 0.25) is 0 Å². The molecule has 0 aromatic carbocycles. The van der Waals surface area contributed by atoms with Gasteiger partial charge in [-0.15, -0.1) is 24.0 Å². The second kappa shape index (κ2) is 14.5. The molecule has 0 spiro atoms. The van der Waals surface area contributed by atoms with Crippen molar-refractivity contribution in [2.45, 2.75) is 19.3 Å². The lowest BCUT2D eigenvalue weighted by atomic mass is 10.4. The van der Waals surface area contributed by atoms with Crippen LogP contribution in [-0.4, -0.2) is 78.2 Å². The average Bonchev–Trinajstić information content (AvgIpc) is 3.30. The Hall–Kier alpha value is -0.120. The van der Waals surface area contributed by atoms with Crippen molar-refractivity contribution in [2.75, 3.05) is 67.3 Å². The molecular formula is C15H32IN3O3. The van der Waals surface area contributed by atoms with Crippen molar-refractivity contribution in [3.05, 3.63) is 0 Å². The highest BCUT2D eigenvalue weighted by atomic mass is 127. The van der Waals surface area contributed by atoms with Gasteiger partial charge in [0.1, 0.15) is 0 Å². The molecule has 0 bridgehead atoms. The van der Waals surface area contributed by atoms with Gasteiger partial charge in [-0.25, -0.2) is 0 Å². The third kappa shape index (κ3) is 11.4. The van der Waals surface area contributed by atoms with E-state index in [4.69, 9.17) is 14.2 Å². The minimum absolute atomic E-state index is 0. The fourth-order valence-corrected chi connectivity index (χ4v) is 1.85. The minimum Gasteiger partial charge on any atom is -0.382 e. The molecule has 132 valence electrons. The summed E-state index contributed by atoms with van der Waals surface area (Å²) in [5.41, 5.74) is 0. The molecule has 1 aliphatic carbocycles. The Morgan fingerprint density at radius 2 is 1.95 bits per heavy atom. The number of hydrogen-bond donors (Lipinski definition) is 1. The molecule has 1 fully saturated rings. The number of ether oxygens (including phenoxy) is 3. The topological polar surface area (TPSA) is 55.3 Å². The highest BCUT2D eigenvalue weighted by Crippen LogP contribution is 2.28. The third-order valence-electron chi connectivity index (χ3n) is 3.38. The Bertz CT molecular complexity index is 289. The predicted molar refractivity (Wildman–Crippen MR) is 100 cm³/mol. The Balaban J connectivity index is 0.00000441. The largest absolute Gasteiger partial charge is 0.382 e. The zero-order valence-electron chi connectivity index (χ0n) is 14.2. The van der Waals surface area contributed by atoms with Crippen molar-refractivity contribution in [1.82, 2.24) is 10.2 Å². The molecule has 1 saturated carbocycles. The molecule has 1 N–H and O–H groups in total. The van der Waals surface area contributed by atoms with Gasteiger partial charge in [0.15, 0.2) is 5.96 Å². The van der Waals surface area contributed by atoms with Gasteiger partial charge in [0, 0.05) is 47.5 Å². The van der Waals surface area contributed by atoms with E-state index in [0.717, 1.165) is 51.2 Å².